The molecule has 0 bridgehead atoms. The number of phenols is 1. The zero-order valence-corrected chi connectivity index (χ0v) is 14.3. The Balaban J connectivity index is 1.98. The molecule has 0 aromatic heterocycles. The Kier molecular flexibility index (Phi) is 4.93. The van der Waals surface area contributed by atoms with Gasteiger partial charge in [0.15, 0.2) is 0 Å². The third kappa shape index (κ3) is 3.39. The number of aromatic hydroxyl groups is 1. The molecule has 2 atom stereocenters. The lowest BCUT2D eigenvalue weighted by Gasteiger charge is -2.17. The van der Waals surface area contributed by atoms with Crippen LogP contribution in [-0.4, -0.2) is 31.3 Å². The number of fused-ring (bicyclic) bond motifs is 1. The topological polar surface area (TPSA) is 82.1 Å². The summed E-state index contributed by atoms with van der Waals surface area (Å²) in [6.45, 7) is 0. The Labute approximate surface area is 150 Å². The molecule has 1 N–H and O–H groups in total. The molecule has 1 aliphatic heterocycles. The summed E-state index contributed by atoms with van der Waals surface area (Å²) < 4.78 is 15.5. The Morgan fingerprint density at radius 3 is 2.46 bits per heavy atom. The first-order valence-corrected chi connectivity index (χ1v) is 7.97. The lowest BCUT2D eigenvalue weighted by molar-refractivity contribution is -0.144. The lowest BCUT2D eigenvalue weighted by Crippen LogP contribution is -2.20. The summed E-state index contributed by atoms with van der Waals surface area (Å²) in [6, 6.07) is 11.8. The van der Waals surface area contributed by atoms with Crippen molar-refractivity contribution in [3.8, 4) is 11.5 Å². The highest BCUT2D eigenvalue weighted by Crippen LogP contribution is 2.47. The van der Waals surface area contributed by atoms with Gasteiger partial charge in [0.25, 0.3) is 0 Å². The Morgan fingerprint density at radius 1 is 1.08 bits per heavy atom. The highest BCUT2D eigenvalue weighted by atomic mass is 16.5. The van der Waals surface area contributed by atoms with Crippen molar-refractivity contribution in [2.45, 2.75) is 12.0 Å². The second-order valence-electron chi connectivity index (χ2n) is 5.78. The molecule has 0 spiro atoms. The molecule has 6 heteroatoms. The van der Waals surface area contributed by atoms with Crippen LogP contribution < -0.4 is 4.74 Å². The zero-order chi connectivity index (χ0) is 18.7. The van der Waals surface area contributed by atoms with Gasteiger partial charge in [-0.1, -0.05) is 18.2 Å². The normalized spacial score (nSPS) is 18.2. The monoisotopic (exact) mass is 354 g/mol. The summed E-state index contributed by atoms with van der Waals surface area (Å²) in [7, 11) is 2.63. The van der Waals surface area contributed by atoms with Gasteiger partial charge in [-0.3, -0.25) is 4.79 Å². The summed E-state index contributed by atoms with van der Waals surface area (Å²) >= 11 is 0. The molecule has 1 heterocycles. The number of ether oxygens (including phenoxy) is 3. The van der Waals surface area contributed by atoms with Gasteiger partial charge in [0.2, 0.25) is 0 Å². The first kappa shape index (κ1) is 17.5. The SMILES string of the molecule is COC(=O)/C=C/c1ccc2c(c1)[C@@H](C(=O)OC)[C@@H](c1ccc(O)cc1)O2. The van der Waals surface area contributed by atoms with Gasteiger partial charge in [-0.15, -0.1) is 0 Å². The summed E-state index contributed by atoms with van der Waals surface area (Å²) in [4.78, 5) is 23.7. The van der Waals surface area contributed by atoms with Crippen molar-refractivity contribution in [1.29, 1.82) is 0 Å². The van der Waals surface area contributed by atoms with Gasteiger partial charge in [0.1, 0.15) is 23.5 Å². The molecule has 0 unspecified atom stereocenters. The molecule has 0 saturated carbocycles. The predicted molar refractivity (Wildman–Crippen MR) is 93.7 cm³/mol. The molecular formula is C20H18O6. The number of rotatable bonds is 4. The van der Waals surface area contributed by atoms with Gasteiger partial charge in [0.05, 0.1) is 14.2 Å². The van der Waals surface area contributed by atoms with E-state index in [1.807, 2.05) is 0 Å². The molecule has 2 aromatic carbocycles. The van der Waals surface area contributed by atoms with E-state index in [1.54, 1.807) is 48.5 Å². The number of esters is 2. The van der Waals surface area contributed by atoms with E-state index < -0.39 is 24.0 Å². The van der Waals surface area contributed by atoms with Crippen LogP contribution in [0.5, 0.6) is 11.5 Å². The molecule has 0 fully saturated rings. The van der Waals surface area contributed by atoms with E-state index in [1.165, 1.54) is 20.3 Å². The predicted octanol–water partition coefficient (Wildman–Crippen LogP) is 2.97. The van der Waals surface area contributed by atoms with Crippen LogP contribution in [0.4, 0.5) is 0 Å². The first-order chi connectivity index (χ1) is 12.5. The molecule has 0 amide bonds. The maximum Gasteiger partial charge on any atom is 0.330 e. The van der Waals surface area contributed by atoms with Crippen molar-refractivity contribution >= 4 is 18.0 Å². The van der Waals surface area contributed by atoms with Crippen molar-refractivity contribution in [3.05, 3.63) is 65.2 Å². The van der Waals surface area contributed by atoms with Crippen LogP contribution in [0.15, 0.2) is 48.5 Å². The molecule has 0 aliphatic carbocycles. The summed E-state index contributed by atoms with van der Waals surface area (Å²) in [5, 5.41) is 9.48. The smallest absolute Gasteiger partial charge is 0.330 e. The molecule has 1 aliphatic rings. The number of benzene rings is 2. The quantitative estimate of drug-likeness (QED) is 0.671. The van der Waals surface area contributed by atoms with Crippen LogP contribution in [0.25, 0.3) is 6.08 Å². The first-order valence-electron chi connectivity index (χ1n) is 7.97. The molecule has 134 valence electrons. The average Bonchev–Trinajstić information content (AvgIpc) is 3.04. The van der Waals surface area contributed by atoms with Gasteiger partial charge in [-0.25, -0.2) is 4.79 Å². The van der Waals surface area contributed by atoms with E-state index >= 15 is 0 Å². The second-order valence-corrected chi connectivity index (χ2v) is 5.78. The molecule has 0 saturated heterocycles. The Bertz CT molecular complexity index is 853. The van der Waals surface area contributed by atoms with Crippen LogP contribution in [0.1, 0.15) is 28.7 Å². The van der Waals surface area contributed by atoms with Crippen molar-refractivity contribution in [1.82, 2.24) is 0 Å². The maximum atomic E-state index is 12.4. The van der Waals surface area contributed by atoms with Crippen LogP contribution >= 0.6 is 0 Å². The zero-order valence-electron chi connectivity index (χ0n) is 14.3. The molecule has 2 aromatic rings. The van der Waals surface area contributed by atoms with E-state index in [0.29, 0.717) is 11.3 Å². The highest BCUT2D eigenvalue weighted by molar-refractivity contribution is 5.87. The number of phenolic OH excluding ortho intramolecular Hbond substituents is 1. The van der Waals surface area contributed by atoms with E-state index in [-0.39, 0.29) is 5.75 Å². The second kappa shape index (κ2) is 7.31. The number of hydrogen-bond donors (Lipinski definition) is 1. The minimum atomic E-state index is -0.647. The average molecular weight is 354 g/mol. The van der Waals surface area contributed by atoms with Crippen LogP contribution in [-0.2, 0) is 19.1 Å². The van der Waals surface area contributed by atoms with E-state index in [4.69, 9.17) is 9.47 Å². The van der Waals surface area contributed by atoms with E-state index in [2.05, 4.69) is 4.74 Å². The molecule has 6 nitrogen and oxygen atoms in total. The molecular weight excluding hydrogens is 336 g/mol. The number of methoxy groups -OCH3 is 2. The summed E-state index contributed by atoms with van der Waals surface area (Å²) in [6.07, 6.45) is 2.36. The minimum absolute atomic E-state index is 0.133. The standard InChI is InChI=1S/C20H18O6/c1-24-17(22)10-4-12-3-9-16-15(11-12)18(20(23)25-2)19(26-16)13-5-7-14(21)8-6-13/h3-11,18-19,21H,1-2H3/b10-4+/t18-,19-/m1/s1. The molecule has 26 heavy (non-hydrogen) atoms. The minimum Gasteiger partial charge on any atom is -0.508 e. The van der Waals surface area contributed by atoms with Gasteiger partial charge >= 0.3 is 11.9 Å². The fourth-order valence-electron chi connectivity index (χ4n) is 2.92. The summed E-state index contributed by atoms with van der Waals surface area (Å²) in [5.41, 5.74) is 2.17. The van der Waals surface area contributed by atoms with Crippen molar-refractivity contribution in [2.24, 2.45) is 0 Å². The van der Waals surface area contributed by atoms with Gasteiger partial charge in [-0.05, 0) is 41.5 Å². The Hall–Kier alpha value is -3.28. The highest BCUT2D eigenvalue weighted by Gasteiger charge is 2.41. The number of carbonyl (C=O) groups is 2. The van der Waals surface area contributed by atoms with Crippen molar-refractivity contribution in [3.63, 3.8) is 0 Å². The lowest BCUT2D eigenvalue weighted by atomic mass is 9.90. The molecule has 0 radical (unpaired) electrons. The van der Waals surface area contributed by atoms with Crippen LogP contribution in [0, 0.1) is 0 Å². The van der Waals surface area contributed by atoms with Gasteiger partial charge < -0.3 is 19.3 Å². The largest absolute Gasteiger partial charge is 0.508 e. The maximum absolute atomic E-state index is 12.4. The van der Waals surface area contributed by atoms with Crippen molar-refractivity contribution < 1.29 is 28.9 Å². The Morgan fingerprint density at radius 2 is 1.81 bits per heavy atom. The van der Waals surface area contributed by atoms with Crippen LogP contribution in [0.3, 0.4) is 0 Å². The fraction of sp³-hybridized carbons (Fsp3) is 0.200. The van der Waals surface area contributed by atoms with E-state index in [0.717, 1.165) is 11.1 Å². The third-order valence-electron chi connectivity index (χ3n) is 4.22. The number of carbonyl (C=O) groups excluding carboxylic acids is 2. The van der Waals surface area contributed by atoms with Crippen LogP contribution in [0.2, 0.25) is 0 Å². The van der Waals surface area contributed by atoms with Crippen molar-refractivity contribution in [2.75, 3.05) is 14.2 Å². The fourth-order valence-corrected chi connectivity index (χ4v) is 2.92. The summed E-state index contributed by atoms with van der Waals surface area (Å²) in [5.74, 6) is -0.821. The van der Waals surface area contributed by atoms with Gasteiger partial charge in [0, 0.05) is 11.6 Å². The van der Waals surface area contributed by atoms with E-state index in [9.17, 15) is 14.7 Å². The molecule has 3 rings (SSSR count). The third-order valence-corrected chi connectivity index (χ3v) is 4.22. The number of hydrogen-bond acceptors (Lipinski definition) is 6. The van der Waals surface area contributed by atoms with Gasteiger partial charge in [-0.2, -0.15) is 0 Å².